The van der Waals surface area contributed by atoms with E-state index in [1.807, 2.05) is 18.5 Å². The largest absolute Gasteiger partial charge is 0.369 e. The summed E-state index contributed by atoms with van der Waals surface area (Å²) in [5, 5.41) is 1.35. The molecule has 1 N–H and O–H groups in total. The summed E-state index contributed by atoms with van der Waals surface area (Å²) in [6.45, 7) is 5.43. The van der Waals surface area contributed by atoms with Gasteiger partial charge in [-0.3, -0.25) is 9.88 Å². The lowest BCUT2D eigenvalue weighted by Crippen LogP contribution is -2.30. The first kappa shape index (κ1) is 14.3. The summed E-state index contributed by atoms with van der Waals surface area (Å²) in [7, 11) is 0. The highest BCUT2D eigenvalue weighted by atomic mass is 15.2. The van der Waals surface area contributed by atoms with E-state index in [4.69, 9.17) is 0 Å². The number of para-hydroxylation sites is 1. The Morgan fingerprint density at radius 2 is 1.96 bits per heavy atom. The van der Waals surface area contributed by atoms with Crippen LogP contribution in [0.1, 0.15) is 12.0 Å². The van der Waals surface area contributed by atoms with Gasteiger partial charge in [0.05, 0.1) is 11.9 Å². The zero-order valence-corrected chi connectivity index (χ0v) is 13.3. The van der Waals surface area contributed by atoms with Crippen molar-refractivity contribution < 1.29 is 0 Å². The molecule has 0 unspecified atom stereocenters. The zero-order chi connectivity index (χ0) is 15.5. The molecule has 4 heteroatoms. The van der Waals surface area contributed by atoms with E-state index >= 15 is 0 Å². The highest BCUT2D eigenvalue weighted by molar-refractivity contribution is 5.82. The maximum absolute atomic E-state index is 4.25. The fourth-order valence-corrected chi connectivity index (χ4v) is 3.43. The number of fused-ring (bicyclic) bond motifs is 1. The second-order valence-electron chi connectivity index (χ2n) is 6.19. The molecule has 1 fully saturated rings. The predicted octanol–water partition coefficient (Wildman–Crippen LogP) is 3.28. The number of benzene rings is 1. The Hall–Kier alpha value is -2.33. The van der Waals surface area contributed by atoms with Crippen LogP contribution in [0, 0.1) is 0 Å². The van der Waals surface area contributed by atoms with Crippen molar-refractivity contribution in [3.63, 3.8) is 0 Å². The first-order chi connectivity index (χ1) is 11.4. The Morgan fingerprint density at radius 3 is 2.87 bits per heavy atom. The molecule has 0 aliphatic carbocycles. The highest BCUT2D eigenvalue weighted by Crippen LogP contribution is 2.21. The topological polar surface area (TPSA) is 35.2 Å². The summed E-state index contributed by atoms with van der Waals surface area (Å²) < 4.78 is 0. The maximum Gasteiger partial charge on any atom is 0.0553 e. The van der Waals surface area contributed by atoms with Crippen molar-refractivity contribution in [3.8, 4) is 0 Å². The third-order valence-electron chi connectivity index (χ3n) is 4.67. The van der Waals surface area contributed by atoms with Gasteiger partial charge < -0.3 is 9.88 Å². The summed E-state index contributed by atoms with van der Waals surface area (Å²) >= 11 is 0. The van der Waals surface area contributed by atoms with Gasteiger partial charge in [0, 0.05) is 56.0 Å². The lowest BCUT2D eigenvalue weighted by Gasteiger charge is -2.23. The molecule has 0 bridgehead atoms. The maximum atomic E-state index is 4.25. The van der Waals surface area contributed by atoms with E-state index in [1.54, 1.807) is 0 Å². The van der Waals surface area contributed by atoms with Crippen molar-refractivity contribution >= 4 is 16.6 Å². The van der Waals surface area contributed by atoms with Crippen LogP contribution in [0.4, 0.5) is 5.69 Å². The van der Waals surface area contributed by atoms with Gasteiger partial charge in [-0.05, 0) is 30.2 Å². The molecule has 118 valence electrons. The minimum Gasteiger partial charge on any atom is -0.369 e. The van der Waals surface area contributed by atoms with E-state index in [1.165, 1.54) is 28.6 Å². The third-order valence-corrected chi connectivity index (χ3v) is 4.67. The Bertz CT molecular complexity index is 765. The average molecular weight is 306 g/mol. The molecule has 1 aliphatic heterocycles. The van der Waals surface area contributed by atoms with E-state index in [0.717, 1.165) is 32.7 Å². The number of aromatic amines is 1. The molecule has 4 rings (SSSR count). The fourth-order valence-electron chi connectivity index (χ4n) is 3.43. The van der Waals surface area contributed by atoms with Crippen molar-refractivity contribution in [2.24, 2.45) is 0 Å². The number of nitrogens with zero attached hydrogens (tertiary/aromatic N) is 3. The minimum atomic E-state index is 1.02. The van der Waals surface area contributed by atoms with Crippen molar-refractivity contribution in [3.05, 3.63) is 60.6 Å². The van der Waals surface area contributed by atoms with Gasteiger partial charge in [-0.15, -0.1) is 0 Å². The summed E-state index contributed by atoms with van der Waals surface area (Å²) in [5.74, 6) is 0. The summed E-state index contributed by atoms with van der Waals surface area (Å²) in [4.78, 5) is 12.6. The Morgan fingerprint density at radius 1 is 1.00 bits per heavy atom. The van der Waals surface area contributed by atoms with Crippen LogP contribution >= 0.6 is 0 Å². The second-order valence-corrected chi connectivity index (χ2v) is 6.19. The number of anilines is 1. The molecule has 23 heavy (non-hydrogen) atoms. The molecule has 1 saturated heterocycles. The van der Waals surface area contributed by atoms with E-state index in [-0.39, 0.29) is 0 Å². The monoisotopic (exact) mass is 306 g/mol. The number of aromatic nitrogens is 2. The first-order valence-corrected chi connectivity index (χ1v) is 8.32. The molecule has 4 nitrogen and oxygen atoms in total. The van der Waals surface area contributed by atoms with Gasteiger partial charge in [0.25, 0.3) is 0 Å². The first-order valence-electron chi connectivity index (χ1n) is 8.32. The molecular formula is C19H22N4. The van der Waals surface area contributed by atoms with Crippen LogP contribution in [0.15, 0.2) is 55.0 Å². The molecule has 0 radical (unpaired) electrons. The van der Waals surface area contributed by atoms with Crippen LogP contribution < -0.4 is 4.90 Å². The van der Waals surface area contributed by atoms with E-state index < -0.39 is 0 Å². The van der Waals surface area contributed by atoms with Crippen molar-refractivity contribution in [1.29, 1.82) is 0 Å². The van der Waals surface area contributed by atoms with Gasteiger partial charge in [0.2, 0.25) is 0 Å². The fraction of sp³-hybridized carbons (Fsp3) is 0.316. The quantitative estimate of drug-likeness (QED) is 0.806. The highest BCUT2D eigenvalue weighted by Gasteiger charge is 2.16. The van der Waals surface area contributed by atoms with Crippen molar-refractivity contribution in [1.82, 2.24) is 14.9 Å². The van der Waals surface area contributed by atoms with Gasteiger partial charge in [0.15, 0.2) is 0 Å². The summed E-state index contributed by atoms with van der Waals surface area (Å²) in [5.41, 5.74) is 3.87. The van der Waals surface area contributed by atoms with Gasteiger partial charge in [-0.2, -0.15) is 0 Å². The van der Waals surface area contributed by atoms with Crippen LogP contribution in [0.5, 0.6) is 0 Å². The van der Waals surface area contributed by atoms with Gasteiger partial charge in [0.1, 0.15) is 0 Å². The Kier molecular flexibility index (Phi) is 3.99. The smallest absolute Gasteiger partial charge is 0.0553 e. The van der Waals surface area contributed by atoms with Crippen LogP contribution in [0.2, 0.25) is 0 Å². The average Bonchev–Trinajstić information content (AvgIpc) is 2.86. The number of nitrogens with one attached hydrogen (secondary N) is 1. The Labute approximate surface area is 136 Å². The Balaban J connectivity index is 1.45. The lowest BCUT2D eigenvalue weighted by atomic mass is 10.1. The molecule has 0 saturated carbocycles. The number of hydrogen-bond acceptors (Lipinski definition) is 3. The molecule has 0 atom stereocenters. The summed E-state index contributed by atoms with van der Waals surface area (Å²) in [6, 6.07) is 12.7. The van der Waals surface area contributed by atoms with Crippen molar-refractivity contribution in [2.45, 2.75) is 13.0 Å². The zero-order valence-electron chi connectivity index (χ0n) is 13.3. The van der Waals surface area contributed by atoms with E-state index in [0.29, 0.717) is 0 Å². The molecule has 0 amide bonds. The second kappa shape index (κ2) is 6.42. The molecule has 3 aromatic rings. The van der Waals surface area contributed by atoms with E-state index in [9.17, 15) is 0 Å². The molecular weight excluding hydrogens is 284 g/mol. The summed E-state index contributed by atoms with van der Waals surface area (Å²) in [6.07, 6.45) is 7.16. The van der Waals surface area contributed by atoms with Crippen LogP contribution in [-0.4, -0.2) is 41.0 Å². The minimum absolute atomic E-state index is 1.02. The van der Waals surface area contributed by atoms with Crippen LogP contribution in [0.25, 0.3) is 10.9 Å². The molecule has 0 spiro atoms. The third kappa shape index (κ3) is 3.08. The lowest BCUT2D eigenvalue weighted by molar-refractivity contribution is 0.286. The molecule has 1 aromatic carbocycles. The predicted molar refractivity (Wildman–Crippen MR) is 94.6 cm³/mol. The van der Waals surface area contributed by atoms with Gasteiger partial charge in [-0.25, -0.2) is 0 Å². The molecule has 3 heterocycles. The normalized spacial score (nSPS) is 16.6. The van der Waals surface area contributed by atoms with Gasteiger partial charge in [-0.1, -0.05) is 18.2 Å². The molecule has 1 aliphatic rings. The van der Waals surface area contributed by atoms with Crippen LogP contribution in [-0.2, 0) is 6.54 Å². The van der Waals surface area contributed by atoms with Crippen molar-refractivity contribution in [2.75, 3.05) is 31.1 Å². The van der Waals surface area contributed by atoms with E-state index in [2.05, 4.69) is 56.3 Å². The van der Waals surface area contributed by atoms with Crippen LogP contribution in [0.3, 0.4) is 0 Å². The number of rotatable bonds is 3. The standard InChI is InChI=1S/C19H22N4/c1-2-7-19-18(6-1)16(13-21-19)15-22-9-4-10-23(12-11-22)17-5-3-8-20-14-17/h1-3,5-8,13-14,21H,4,9-12,15H2. The number of hydrogen-bond donors (Lipinski definition) is 1. The number of pyridine rings is 1. The number of H-pyrrole nitrogens is 1. The van der Waals surface area contributed by atoms with Gasteiger partial charge >= 0.3 is 0 Å². The molecule has 2 aromatic heterocycles. The SMILES string of the molecule is c1cncc(N2CCCN(Cc3c[nH]c4ccccc34)CC2)c1.